The number of nitrogens with zero attached hydrogens (tertiary/aromatic N) is 4. The Bertz CT molecular complexity index is 487. The van der Waals surface area contributed by atoms with Crippen LogP contribution < -0.4 is 10.2 Å². The first-order chi connectivity index (χ1) is 10.3. The Morgan fingerprint density at radius 1 is 1.30 bits per heavy atom. The number of carbonyl (C=O) groups excluding carboxylic acids is 1. The van der Waals surface area contributed by atoms with Crippen LogP contribution in [0.25, 0.3) is 0 Å². The number of hydrogen-bond donors (Lipinski definition) is 1. The normalized spacial score (nSPS) is 21.3. The van der Waals surface area contributed by atoms with Crippen molar-refractivity contribution in [1.82, 2.24) is 19.6 Å². The largest absolute Gasteiger partial charge is 0.343 e. The molecule has 132 valence electrons. The quantitative estimate of drug-likeness (QED) is 0.861. The summed E-state index contributed by atoms with van der Waals surface area (Å²) in [5.74, 6) is 1.42. The lowest BCUT2D eigenvalue weighted by atomic mass is 9.98. The van der Waals surface area contributed by atoms with Gasteiger partial charge in [-0.1, -0.05) is 6.92 Å². The monoisotopic (exact) mass is 381 g/mol. The van der Waals surface area contributed by atoms with Gasteiger partial charge in [0.05, 0.1) is 5.92 Å². The Morgan fingerprint density at radius 3 is 2.61 bits per heavy atom. The minimum Gasteiger partial charge on any atom is -0.343 e. The van der Waals surface area contributed by atoms with Gasteiger partial charge in [-0.05, 0) is 19.4 Å². The second-order valence-electron chi connectivity index (χ2n) is 5.70. The zero-order valence-electron chi connectivity index (χ0n) is 13.4. The highest BCUT2D eigenvalue weighted by atomic mass is 35.5. The number of aryl methyl sites for hydroxylation is 1. The number of piperazine rings is 1. The first-order valence-electron chi connectivity index (χ1n) is 7.85. The van der Waals surface area contributed by atoms with Gasteiger partial charge in [-0.2, -0.15) is 4.37 Å². The molecule has 2 aliphatic heterocycles. The summed E-state index contributed by atoms with van der Waals surface area (Å²) in [5, 5.41) is 4.32. The first kappa shape index (κ1) is 20.4. The zero-order chi connectivity index (χ0) is 14.7. The van der Waals surface area contributed by atoms with E-state index < -0.39 is 0 Å². The number of hydrogen-bond acceptors (Lipinski definition) is 6. The molecule has 0 radical (unpaired) electrons. The molecule has 0 aliphatic carbocycles. The number of amides is 1. The van der Waals surface area contributed by atoms with E-state index in [9.17, 15) is 4.79 Å². The summed E-state index contributed by atoms with van der Waals surface area (Å²) in [4.78, 5) is 21.3. The maximum atomic E-state index is 12.5. The number of anilines is 1. The highest BCUT2D eigenvalue weighted by Crippen LogP contribution is 2.21. The molecule has 1 amide bonds. The van der Waals surface area contributed by atoms with Gasteiger partial charge in [0.1, 0.15) is 5.82 Å². The minimum absolute atomic E-state index is 0. The predicted molar refractivity (Wildman–Crippen MR) is 98.2 cm³/mol. The number of carbonyl (C=O) groups is 1. The molecule has 0 saturated carbocycles. The van der Waals surface area contributed by atoms with Crippen LogP contribution in [0.5, 0.6) is 0 Å². The summed E-state index contributed by atoms with van der Waals surface area (Å²) in [6.45, 7) is 7.30. The van der Waals surface area contributed by atoms with Gasteiger partial charge in [-0.25, -0.2) is 4.98 Å². The Hall–Kier alpha value is -0.630. The van der Waals surface area contributed by atoms with E-state index in [0.717, 1.165) is 69.5 Å². The van der Waals surface area contributed by atoms with E-state index in [4.69, 9.17) is 0 Å². The third kappa shape index (κ3) is 4.92. The molecule has 1 N–H and O–H groups in total. The Kier molecular flexibility index (Phi) is 8.53. The van der Waals surface area contributed by atoms with Crippen molar-refractivity contribution in [3.05, 3.63) is 5.82 Å². The van der Waals surface area contributed by atoms with Gasteiger partial charge < -0.3 is 15.1 Å². The molecule has 6 nitrogen and oxygen atoms in total. The van der Waals surface area contributed by atoms with E-state index in [-0.39, 0.29) is 30.7 Å². The van der Waals surface area contributed by atoms with Gasteiger partial charge in [-0.15, -0.1) is 24.8 Å². The van der Waals surface area contributed by atoms with Crippen molar-refractivity contribution in [2.75, 3.05) is 44.2 Å². The molecule has 0 bridgehead atoms. The molecule has 1 aromatic rings. The Morgan fingerprint density at radius 2 is 2.04 bits per heavy atom. The van der Waals surface area contributed by atoms with Crippen molar-refractivity contribution in [3.63, 3.8) is 0 Å². The Labute approximate surface area is 154 Å². The van der Waals surface area contributed by atoms with E-state index >= 15 is 0 Å². The van der Waals surface area contributed by atoms with Crippen LogP contribution in [0, 0.1) is 5.92 Å². The average Bonchev–Trinajstić information content (AvgIpc) is 3.04. The highest BCUT2D eigenvalue weighted by Gasteiger charge is 2.29. The van der Waals surface area contributed by atoms with Gasteiger partial charge in [0, 0.05) is 50.7 Å². The van der Waals surface area contributed by atoms with E-state index in [1.165, 1.54) is 11.5 Å². The molecule has 0 spiro atoms. The summed E-state index contributed by atoms with van der Waals surface area (Å²) in [6.07, 6.45) is 3.02. The molecule has 1 unspecified atom stereocenters. The third-order valence-corrected chi connectivity index (χ3v) is 5.10. The van der Waals surface area contributed by atoms with Crippen molar-refractivity contribution in [3.8, 4) is 0 Å². The summed E-state index contributed by atoms with van der Waals surface area (Å²) in [5.41, 5.74) is 0. The molecule has 3 rings (SSSR count). The second-order valence-corrected chi connectivity index (χ2v) is 6.43. The second kappa shape index (κ2) is 9.61. The van der Waals surface area contributed by atoms with Crippen LogP contribution in [0.2, 0.25) is 0 Å². The van der Waals surface area contributed by atoms with E-state index in [1.807, 2.05) is 4.90 Å². The van der Waals surface area contributed by atoms with Gasteiger partial charge in [0.2, 0.25) is 11.0 Å². The summed E-state index contributed by atoms with van der Waals surface area (Å²) < 4.78 is 4.34. The minimum atomic E-state index is 0. The fourth-order valence-electron chi connectivity index (χ4n) is 2.96. The van der Waals surface area contributed by atoms with Gasteiger partial charge in [0.15, 0.2) is 0 Å². The molecule has 23 heavy (non-hydrogen) atoms. The third-order valence-electron chi connectivity index (χ3n) is 4.28. The molecule has 2 saturated heterocycles. The molecular weight excluding hydrogens is 357 g/mol. The lowest BCUT2D eigenvalue weighted by Gasteiger charge is -2.37. The summed E-state index contributed by atoms with van der Waals surface area (Å²) in [7, 11) is 0. The molecule has 3 heterocycles. The molecular formula is C14H25Cl2N5OS. The number of nitrogens with one attached hydrogen (secondary N) is 1. The SMILES string of the molecule is CCc1nsc(N2CCN(C(=O)C3CCCNC3)CC2)n1.Cl.Cl. The molecule has 9 heteroatoms. The summed E-state index contributed by atoms with van der Waals surface area (Å²) >= 11 is 1.47. The standard InChI is InChI=1S/C14H23N5OS.2ClH/c1-2-12-16-14(21-17-12)19-8-6-18(7-9-19)13(20)11-4-3-5-15-10-11;;/h11,15H,2-10H2,1H3;2*1H. The first-order valence-corrected chi connectivity index (χ1v) is 8.62. The summed E-state index contributed by atoms with van der Waals surface area (Å²) in [6, 6.07) is 0. The maximum absolute atomic E-state index is 12.5. The maximum Gasteiger partial charge on any atom is 0.227 e. The zero-order valence-corrected chi connectivity index (χ0v) is 15.8. The van der Waals surface area contributed by atoms with Crippen molar-refractivity contribution in [2.45, 2.75) is 26.2 Å². The van der Waals surface area contributed by atoms with E-state index in [2.05, 4.69) is 26.5 Å². The molecule has 2 aliphatic rings. The van der Waals surface area contributed by atoms with Crippen LogP contribution in [0.4, 0.5) is 5.13 Å². The van der Waals surface area contributed by atoms with Crippen LogP contribution in [0.15, 0.2) is 0 Å². The topological polar surface area (TPSA) is 61.4 Å². The number of piperidine rings is 1. The average molecular weight is 382 g/mol. The van der Waals surface area contributed by atoms with E-state index in [1.54, 1.807) is 0 Å². The van der Waals surface area contributed by atoms with Gasteiger partial charge in [-0.3, -0.25) is 4.79 Å². The van der Waals surface area contributed by atoms with Gasteiger partial charge in [0.25, 0.3) is 0 Å². The lowest BCUT2D eigenvalue weighted by molar-refractivity contribution is -0.136. The van der Waals surface area contributed by atoms with Crippen LogP contribution >= 0.6 is 36.3 Å². The van der Waals surface area contributed by atoms with Crippen LogP contribution in [0.1, 0.15) is 25.6 Å². The van der Waals surface area contributed by atoms with Crippen molar-refractivity contribution in [2.24, 2.45) is 5.92 Å². The van der Waals surface area contributed by atoms with Crippen molar-refractivity contribution in [1.29, 1.82) is 0 Å². The lowest BCUT2D eigenvalue weighted by Crippen LogP contribution is -2.52. The van der Waals surface area contributed by atoms with Crippen LogP contribution in [-0.4, -0.2) is 59.4 Å². The molecule has 1 aromatic heterocycles. The number of aromatic nitrogens is 2. The van der Waals surface area contributed by atoms with Gasteiger partial charge >= 0.3 is 0 Å². The van der Waals surface area contributed by atoms with E-state index in [0.29, 0.717) is 5.91 Å². The van der Waals surface area contributed by atoms with Crippen molar-refractivity contribution >= 4 is 47.4 Å². The number of rotatable bonds is 3. The van der Waals surface area contributed by atoms with Crippen LogP contribution in [-0.2, 0) is 11.2 Å². The predicted octanol–water partition coefficient (Wildman–Crippen LogP) is 1.59. The van der Waals surface area contributed by atoms with Crippen LogP contribution in [0.3, 0.4) is 0 Å². The fourth-order valence-corrected chi connectivity index (χ4v) is 3.76. The molecule has 2 fully saturated rings. The highest BCUT2D eigenvalue weighted by molar-refractivity contribution is 7.09. The molecule has 0 aromatic carbocycles. The smallest absolute Gasteiger partial charge is 0.227 e. The van der Waals surface area contributed by atoms with Crippen molar-refractivity contribution < 1.29 is 4.79 Å². The Balaban J connectivity index is 0.00000132. The fraction of sp³-hybridized carbons (Fsp3) is 0.786. The number of halogens is 2. The molecule has 1 atom stereocenters.